The van der Waals surface area contributed by atoms with E-state index < -0.39 is 11.6 Å². The van der Waals surface area contributed by atoms with Crippen molar-refractivity contribution in [3.63, 3.8) is 0 Å². The molecule has 4 aromatic heterocycles. The van der Waals surface area contributed by atoms with Gasteiger partial charge in [0, 0.05) is 17.8 Å². The molecule has 33 heavy (non-hydrogen) atoms. The molecule has 0 aromatic carbocycles. The largest absolute Gasteiger partial charge is 0.376 e. The summed E-state index contributed by atoms with van der Waals surface area (Å²) >= 11 is 6.50. The average molecular weight is 483 g/mol. The van der Waals surface area contributed by atoms with E-state index in [2.05, 4.69) is 38.6 Å². The molecule has 0 atom stereocenters. The van der Waals surface area contributed by atoms with E-state index in [1.165, 1.54) is 18.2 Å². The second-order valence-corrected chi connectivity index (χ2v) is 10.1. The van der Waals surface area contributed by atoms with Gasteiger partial charge < -0.3 is 5.32 Å². The van der Waals surface area contributed by atoms with E-state index in [9.17, 15) is 8.78 Å². The van der Waals surface area contributed by atoms with Gasteiger partial charge >= 0.3 is 0 Å². The first-order chi connectivity index (χ1) is 15.8. The van der Waals surface area contributed by atoms with Crippen molar-refractivity contribution in [1.82, 2.24) is 19.9 Å². The van der Waals surface area contributed by atoms with Gasteiger partial charge in [-0.1, -0.05) is 19.5 Å². The van der Waals surface area contributed by atoms with Gasteiger partial charge in [-0.25, -0.2) is 23.7 Å². The molecular formula is C23H18ClF2N6P. The van der Waals surface area contributed by atoms with Crippen LogP contribution >= 0.6 is 19.5 Å². The lowest BCUT2D eigenvalue weighted by Crippen LogP contribution is -2.08. The molecule has 1 N–H and O–H groups in total. The summed E-state index contributed by atoms with van der Waals surface area (Å²) in [6, 6.07) is 9.31. The van der Waals surface area contributed by atoms with Gasteiger partial charge in [0.05, 0.1) is 39.6 Å². The summed E-state index contributed by atoms with van der Waals surface area (Å²) in [7, 11) is -0.379. The number of fused-ring (bicyclic) bond motifs is 1. The van der Waals surface area contributed by atoms with Gasteiger partial charge in [0.25, 0.3) is 0 Å². The zero-order chi connectivity index (χ0) is 23.7. The molecule has 0 saturated heterocycles. The normalized spacial score (nSPS) is 11.1. The number of hydrogen-bond donors (Lipinski definition) is 1. The summed E-state index contributed by atoms with van der Waals surface area (Å²) in [5.41, 5.74) is 3.19. The Hall–Kier alpha value is -3.27. The summed E-state index contributed by atoms with van der Waals surface area (Å²) in [5.74, 6) is -1.10. The highest BCUT2D eigenvalue weighted by Gasteiger charge is 2.18. The van der Waals surface area contributed by atoms with Crippen molar-refractivity contribution in [2.75, 3.05) is 18.6 Å². The smallest absolute Gasteiger partial charge is 0.151 e. The number of aromatic nitrogens is 4. The Morgan fingerprint density at radius 3 is 2.55 bits per heavy atom. The molecular weight excluding hydrogens is 465 g/mol. The van der Waals surface area contributed by atoms with Gasteiger partial charge in [-0.05, 0) is 44.5 Å². The van der Waals surface area contributed by atoms with Crippen molar-refractivity contribution in [2.24, 2.45) is 0 Å². The van der Waals surface area contributed by atoms with Crippen molar-refractivity contribution in [3.8, 4) is 17.3 Å². The van der Waals surface area contributed by atoms with Crippen LogP contribution in [0.5, 0.6) is 0 Å². The van der Waals surface area contributed by atoms with Gasteiger partial charge in [0.1, 0.15) is 28.8 Å². The Kier molecular flexibility index (Phi) is 6.46. The van der Waals surface area contributed by atoms with Crippen LogP contribution in [0.25, 0.3) is 22.3 Å². The highest BCUT2D eigenvalue weighted by Crippen LogP contribution is 2.34. The van der Waals surface area contributed by atoms with Crippen molar-refractivity contribution < 1.29 is 8.78 Å². The number of anilines is 1. The molecule has 166 valence electrons. The van der Waals surface area contributed by atoms with Crippen LogP contribution in [-0.2, 0) is 6.54 Å². The Morgan fingerprint density at radius 2 is 1.88 bits per heavy atom. The number of aryl methyl sites for hydroxylation is 1. The number of pyridine rings is 4. The molecule has 6 nitrogen and oxygen atoms in total. The SMILES string of the molecule is Cc1nc2cc(F)c(-c3ccc(P(C)C)nc3)nc2c(NCc2nc(C#N)ccc2F)c1Cl. The van der Waals surface area contributed by atoms with Crippen LogP contribution < -0.4 is 10.8 Å². The lowest BCUT2D eigenvalue weighted by molar-refractivity contribution is 0.602. The number of nitrogens with zero attached hydrogens (tertiary/aromatic N) is 5. The van der Waals surface area contributed by atoms with Crippen molar-refractivity contribution in [3.05, 3.63) is 70.3 Å². The third-order valence-corrected chi connectivity index (χ3v) is 6.61. The van der Waals surface area contributed by atoms with Crippen LogP contribution in [0.3, 0.4) is 0 Å². The predicted molar refractivity (Wildman–Crippen MR) is 127 cm³/mol. The predicted octanol–water partition coefficient (Wildman–Crippen LogP) is 5.18. The van der Waals surface area contributed by atoms with E-state index in [-0.39, 0.29) is 36.6 Å². The molecule has 0 bridgehead atoms. The van der Waals surface area contributed by atoms with Gasteiger partial charge in [0.2, 0.25) is 0 Å². The first kappa shape index (κ1) is 22.9. The first-order valence-corrected chi connectivity index (χ1v) is 12.5. The maximum Gasteiger partial charge on any atom is 0.151 e. The maximum absolute atomic E-state index is 14.9. The van der Waals surface area contributed by atoms with E-state index >= 15 is 0 Å². The van der Waals surface area contributed by atoms with E-state index in [4.69, 9.17) is 16.9 Å². The summed E-state index contributed by atoms with van der Waals surface area (Å²) in [6.07, 6.45) is 1.60. The lowest BCUT2D eigenvalue weighted by atomic mass is 10.1. The maximum atomic E-state index is 14.9. The molecule has 0 amide bonds. The van der Waals surface area contributed by atoms with Gasteiger partial charge in [0.15, 0.2) is 5.82 Å². The minimum absolute atomic E-state index is 0.0467. The summed E-state index contributed by atoms with van der Waals surface area (Å²) in [5, 5.41) is 12.4. The Labute approximate surface area is 195 Å². The molecule has 4 rings (SSSR count). The number of hydrogen-bond acceptors (Lipinski definition) is 6. The topological polar surface area (TPSA) is 87.4 Å². The molecule has 0 aliphatic rings. The van der Waals surface area contributed by atoms with Crippen molar-refractivity contribution in [2.45, 2.75) is 13.5 Å². The average Bonchev–Trinajstić information content (AvgIpc) is 2.80. The van der Waals surface area contributed by atoms with Crippen LogP contribution in [-0.4, -0.2) is 33.3 Å². The first-order valence-electron chi connectivity index (χ1n) is 9.88. The highest BCUT2D eigenvalue weighted by molar-refractivity contribution is 7.63. The molecule has 4 aromatic rings. The van der Waals surface area contributed by atoms with E-state index in [0.29, 0.717) is 28.0 Å². The fraction of sp³-hybridized carbons (Fsp3) is 0.174. The minimum Gasteiger partial charge on any atom is -0.376 e. The molecule has 0 aliphatic carbocycles. The Balaban J connectivity index is 1.79. The third-order valence-electron chi connectivity index (χ3n) is 4.96. The van der Waals surface area contributed by atoms with Gasteiger partial charge in [-0.2, -0.15) is 5.26 Å². The molecule has 0 radical (unpaired) electrons. The molecule has 0 saturated carbocycles. The summed E-state index contributed by atoms with van der Waals surface area (Å²) in [4.78, 5) is 17.3. The molecule has 0 unspecified atom stereocenters. The van der Waals surface area contributed by atoms with E-state index in [1.807, 2.05) is 12.1 Å². The van der Waals surface area contributed by atoms with E-state index in [1.54, 1.807) is 19.2 Å². The number of rotatable bonds is 5. The molecule has 0 aliphatic heterocycles. The monoisotopic (exact) mass is 482 g/mol. The van der Waals surface area contributed by atoms with Crippen LogP contribution in [0, 0.1) is 29.9 Å². The van der Waals surface area contributed by atoms with Crippen molar-refractivity contribution >= 4 is 41.7 Å². The zero-order valence-electron chi connectivity index (χ0n) is 18.0. The minimum atomic E-state index is -0.564. The standard InChI is InChI=1S/C23H18ClF2N6P/c1-12-20(24)23(29-11-18-15(25)6-5-14(9-27)31-18)22-17(30-12)8-16(26)21(32-22)13-4-7-19(28-10-13)33(2)3/h4-8,10H,11H2,1-3H3,(H,29,30). The second-order valence-electron chi connectivity index (χ2n) is 7.46. The van der Waals surface area contributed by atoms with Gasteiger partial charge in [-0.3, -0.25) is 4.98 Å². The molecule has 0 fully saturated rings. The highest BCUT2D eigenvalue weighted by atomic mass is 35.5. The number of halogens is 3. The Bertz CT molecular complexity index is 1400. The van der Waals surface area contributed by atoms with Gasteiger partial charge in [-0.15, -0.1) is 0 Å². The summed E-state index contributed by atoms with van der Waals surface area (Å²) < 4.78 is 29.1. The molecule has 4 heterocycles. The third kappa shape index (κ3) is 4.61. The zero-order valence-corrected chi connectivity index (χ0v) is 19.6. The number of nitrogens with one attached hydrogen (secondary N) is 1. The second kappa shape index (κ2) is 9.30. The fourth-order valence-corrected chi connectivity index (χ4v) is 4.12. The van der Waals surface area contributed by atoms with E-state index in [0.717, 1.165) is 5.44 Å². The van der Waals surface area contributed by atoms with Crippen molar-refractivity contribution in [1.29, 1.82) is 5.26 Å². The number of nitriles is 1. The Morgan fingerprint density at radius 1 is 1.09 bits per heavy atom. The molecule has 10 heteroatoms. The fourth-order valence-electron chi connectivity index (χ4n) is 3.26. The van der Waals surface area contributed by atoms with Crippen LogP contribution in [0.15, 0.2) is 36.5 Å². The quantitative estimate of drug-likeness (QED) is 0.394. The summed E-state index contributed by atoms with van der Waals surface area (Å²) in [6.45, 7) is 5.80. The van der Waals surface area contributed by atoms with Crippen LogP contribution in [0.1, 0.15) is 17.1 Å². The van der Waals surface area contributed by atoms with Crippen LogP contribution in [0.2, 0.25) is 5.02 Å². The molecule has 0 spiro atoms. The van der Waals surface area contributed by atoms with Crippen LogP contribution in [0.4, 0.5) is 14.5 Å². The lowest BCUT2D eigenvalue weighted by Gasteiger charge is -2.14.